The Hall–Kier alpha value is -3.44. The molecule has 0 atom stereocenters. The molecule has 1 fully saturated rings. The number of hydrogen-bond acceptors (Lipinski definition) is 6. The number of nitrogens with zero attached hydrogens (tertiary/aromatic N) is 1. The monoisotopic (exact) mass is 460 g/mol. The summed E-state index contributed by atoms with van der Waals surface area (Å²) in [7, 11) is -3.56. The average molecular weight is 461 g/mol. The third kappa shape index (κ3) is 6.28. The third-order valence-corrected chi connectivity index (χ3v) is 6.61. The summed E-state index contributed by atoms with van der Waals surface area (Å²) in [5.74, 6) is -1.23. The van der Waals surface area contributed by atoms with Crippen molar-refractivity contribution in [3.05, 3.63) is 60.2 Å². The Morgan fingerprint density at radius 3 is 2.19 bits per heavy atom. The topological polar surface area (TPSA) is 134 Å². The lowest BCUT2D eigenvalue weighted by Gasteiger charge is -2.15. The van der Waals surface area contributed by atoms with Gasteiger partial charge in [0.15, 0.2) is 6.61 Å². The van der Waals surface area contributed by atoms with Gasteiger partial charge in [-0.05, 0) is 49.2 Å². The van der Waals surface area contributed by atoms with Gasteiger partial charge >= 0.3 is 0 Å². The molecule has 0 unspecified atom stereocenters. The van der Waals surface area contributed by atoms with Gasteiger partial charge in [-0.2, -0.15) is 4.31 Å². The highest BCUT2D eigenvalue weighted by Crippen LogP contribution is 2.21. The molecule has 0 spiro atoms. The first kappa shape index (κ1) is 23.2. The summed E-state index contributed by atoms with van der Waals surface area (Å²) in [4.78, 5) is 35.8. The Kier molecular flexibility index (Phi) is 7.79. The number of hydrogen-bond donors (Lipinski definition) is 3. The zero-order valence-electron chi connectivity index (χ0n) is 17.2. The fraction of sp³-hybridized carbons (Fsp3) is 0.286. The first-order chi connectivity index (χ1) is 15.4. The standard InChI is InChI=1S/C21H24N4O6S/c26-19(14-22-20(27)15-31-17-6-2-1-3-7-17)23-24-21(28)16-8-10-18(11-9-16)32(29,30)25-12-4-5-13-25/h1-3,6-11H,4-5,12-15H2,(H,22,27)(H,23,26)(H,24,28). The smallest absolute Gasteiger partial charge is 0.269 e. The van der Waals surface area contributed by atoms with E-state index in [9.17, 15) is 22.8 Å². The van der Waals surface area contributed by atoms with Gasteiger partial charge in [0.1, 0.15) is 5.75 Å². The Balaban J connectivity index is 1.41. The summed E-state index contributed by atoms with van der Waals surface area (Å²) in [6.07, 6.45) is 1.67. The number of hydrazine groups is 1. The molecule has 1 heterocycles. The van der Waals surface area contributed by atoms with Crippen molar-refractivity contribution >= 4 is 27.7 Å². The summed E-state index contributed by atoms with van der Waals surface area (Å²) in [5, 5.41) is 2.37. The van der Waals surface area contributed by atoms with Gasteiger partial charge in [-0.1, -0.05) is 18.2 Å². The number of nitrogens with one attached hydrogen (secondary N) is 3. The number of benzene rings is 2. The lowest BCUT2D eigenvalue weighted by molar-refractivity contribution is -0.127. The van der Waals surface area contributed by atoms with Crippen molar-refractivity contribution in [2.75, 3.05) is 26.2 Å². The Morgan fingerprint density at radius 1 is 0.875 bits per heavy atom. The van der Waals surface area contributed by atoms with Crippen molar-refractivity contribution in [1.82, 2.24) is 20.5 Å². The first-order valence-electron chi connectivity index (χ1n) is 10.0. The molecular formula is C21H24N4O6S. The van der Waals surface area contributed by atoms with Crippen LogP contribution in [0.5, 0.6) is 5.75 Å². The highest BCUT2D eigenvalue weighted by atomic mass is 32.2. The molecule has 1 saturated heterocycles. The number of carbonyl (C=O) groups is 3. The summed E-state index contributed by atoms with van der Waals surface area (Å²) >= 11 is 0. The number of para-hydroxylation sites is 1. The Bertz CT molecular complexity index is 1050. The van der Waals surface area contributed by atoms with Gasteiger partial charge < -0.3 is 10.1 Å². The summed E-state index contributed by atoms with van der Waals surface area (Å²) < 4.78 is 31.7. The van der Waals surface area contributed by atoms with E-state index >= 15 is 0 Å². The molecule has 2 aromatic rings. The zero-order valence-corrected chi connectivity index (χ0v) is 18.1. The second kappa shape index (κ2) is 10.7. The average Bonchev–Trinajstić information content (AvgIpc) is 3.36. The van der Waals surface area contributed by atoms with Crippen LogP contribution in [-0.2, 0) is 19.6 Å². The van der Waals surface area contributed by atoms with Crippen LogP contribution in [0.4, 0.5) is 0 Å². The molecule has 11 heteroatoms. The molecule has 0 aromatic heterocycles. The van der Waals surface area contributed by atoms with Crippen LogP contribution in [0.2, 0.25) is 0 Å². The maximum absolute atomic E-state index is 12.5. The molecular weight excluding hydrogens is 436 g/mol. The lowest BCUT2D eigenvalue weighted by Crippen LogP contribution is -2.46. The van der Waals surface area contributed by atoms with Gasteiger partial charge in [0.25, 0.3) is 17.7 Å². The predicted molar refractivity (Wildman–Crippen MR) is 115 cm³/mol. The zero-order chi connectivity index (χ0) is 23.0. The van der Waals surface area contributed by atoms with Crippen molar-refractivity contribution in [2.45, 2.75) is 17.7 Å². The minimum Gasteiger partial charge on any atom is -0.484 e. The highest BCUT2D eigenvalue weighted by molar-refractivity contribution is 7.89. The maximum Gasteiger partial charge on any atom is 0.269 e. The molecule has 2 aromatic carbocycles. The van der Waals surface area contributed by atoms with Crippen LogP contribution in [0, 0.1) is 0 Å². The van der Waals surface area contributed by atoms with E-state index in [1.54, 1.807) is 24.3 Å². The van der Waals surface area contributed by atoms with E-state index in [-0.39, 0.29) is 23.6 Å². The number of amides is 3. The van der Waals surface area contributed by atoms with Gasteiger partial charge in [-0.3, -0.25) is 25.2 Å². The van der Waals surface area contributed by atoms with Gasteiger partial charge in [0.2, 0.25) is 10.0 Å². The second-order valence-electron chi connectivity index (χ2n) is 7.02. The normalized spacial score (nSPS) is 13.9. The summed E-state index contributed by atoms with van der Waals surface area (Å²) in [6, 6.07) is 14.2. The van der Waals surface area contributed by atoms with Crippen molar-refractivity contribution in [2.24, 2.45) is 0 Å². The van der Waals surface area contributed by atoms with Crippen LogP contribution in [0.1, 0.15) is 23.2 Å². The van der Waals surface area contributed by atoms with Crippen LogP contribution in [0.25, 0.3) is 0 Å². The number of rotatable bonds is 8. The molecule has 0 saturated carbocycles. The molecule has 0 bridgehead atoms. The third-order valence-electron chi connectivity index (χ3n) is 4.69. The van der Waals surface area contributed by atoms with Crippen LogP contribution >= 0.6 is 0 Å². The molecule has 3 rings (SSSR count). The van der Waals surface area contributed by atoms with E-state index in [2.05, 4.69) is 16.2 Å². The molecule has 10 nitrogen and oxygen atoms in total. The van der Waals surface area contributed by atoms with E-state index in [0.29, 0.717) is 18.8 Å². The molecule has 1 aliphatic heterocycles. The first-order valence-corrected chi connectivity index (χ1v) is 11.4. The van der Waals surface area contributed by atoms with E-state index in [4.69, 9.17) is 4.74 Å². The molecule has 3 N–H and O–H groups in total. The predicted octanol–water partition coefficient (Wildman–Crippen LogP) is 0.427. The quantitative estimate of drug-likeness (QED) is 0.489. The summed E-state index contributed by atoms with van der Waals surface area (Å²) in [5.41, 5.74) is 4.56. The highest BCUT2D eigenvalue weighted by Gasteiger charge is 2.27. The maximum atomic E-state index is 12.5. The van der Waals surface area contributed by atoms with Crippen molar-refractivity contribution in [1.29, 1.82) is 0 Å². The van der Waals surface area contributed by atoms with Crippen molar-refractivity contribution in [3.8, 4) is 5.75 Å². The van der Waals surface area contributed by atoms with Crippen LogP contribution in [-0.4, -0.2) is 56.7 Å². The van der Waals surface area contributed by atoms with E-state index in [0.717, 1.165) is 12.8 Å². The minimum atomic E-state index is -3.56. The number of ether oxygens (including phenoxy) is 1. The van der Waals surface area contributed by atoms with Gasteiger partial charge in [0, 0.05) is 18.7 Å². The second-order valence-corrected chi connectivity index (χ2v) is 8.95. The summed E-state index contributed by atoms with van der Waals surface area (Å²) in [6.45, 7) is 0.373. The molecule has 0 radical (unpaired) electrons. The number of carbonyl (C=O) groups excluding carboxylic acids is 3. The van der Waals surface area contributed by atoms with E-state index in [1.165, 1.54) is 28.6 Å². The largest absolute Gasteiger partial charge is 0.484 e. The molecule has 170 valence electrons. The van der Waals surface area contributed by atoms with Gasteiger partial charge in [0.05, 0.1) is 11.4 Å². The van der Waals surface area contributed by atoms with E-state index < -0.39 is 27.7 Å². The van der Waals surface area contributed by atoms with Gasteiger partial charge in [-0.15, -0.1) is 0 Å². The van der Waals surface area contributed by atoms with Crippen molar-refractivity contribution in [3.63, 3.8) is 0 Å². The molecule has 32 heavy (non-hydrogen) atoms. The minimum absolute atomic E-state index is 0.111. The Morgan fingerprint density at radius 2 is 1.53 bits per heavy atom. The van der Waals surface area contributed by atoms with Crippen molar-refractivity contribution < 1.29 is 27.5 Å². The Labute approximate surface area is 186 Å². The van der Waals surface area contributed by atoms with Crippen LogP contribution in [0.3, 0.4) is 0 Å². The SMILES string of the molecule is O=C(COc1ccccc1)NCC(=O)NNC(=O)c1ccc(S(=O)(=O)N2CCCC2)cc1. The lowest BCUT2D eigenvalue weighted by atomic mass is 10.2. The molecule has 3 amide bonds. The number of sulfonamides is 1. The van der Waals surface area contributed by atoms with Gasteiger partial charge in [-0.25, -0.2) is 8.42 Å². The fourth-order valence-corrected chi connectivity index (χ4v) is 4.51. The van der Waals surface area contributed by atoms with Crippen LogP contribution in [0.15, 0.2) is 59.5 Å². The molecule has 0 aliphatic carbocycles. The molecule has 1 aliphatic rings. The van der Waals surface area contributed by atoms with Crippen LogP contribution < -0.4 is 20.9 Å². The van der Waals surface area contributed by atoms with E-state index in [1.807, 2.05) is 6.07 Å². The fourth-order valence-electron chi connectivity index (χ4n) is 2.99.